The minimum absolute atomic E-state index is 0.000463. The van der Waals surface area contributed by atoms with Gasteiger partial charge in [-0.2, -0.15) is 0 Å². The number of rotatable bonds is 10. The van der Waals surface area contributed by atoms with Crippen LogP contribution in [0.15, 0.2) is 25.3 Å². The molecule has 128 valence electrons. The number of hydrogen-bond donors (Lipinski definition) is 0. The summed E-state index contributed by atoms with van der Waals surface area (Å²) in [7, 11) is 0. The lowest BCUT2D eigenvalue weighted by molar-refractivity contribution is -0.142. The molecular weight excluding hydrogens is 280 g/mol. The van der Waals surface area contributed by atoms with Gasteiger partial charge in [0.05, 0.1) is 12.7 Å². The first-order valence-electron chi connectivity index (χ1n) is 7.99. The van der Waals surface area contributed by atoms with Crippen LogP contribution in [0.25, 0.3) is 0 Å². The van der Waals surface area contributed by atoms with Gasteiger partial charge in [-0.1, -0.05) is 53.2 Å². The molecule has 0 spiro atoms. The van der Waals surface area contributed by atoms with Crippen molar-refractivity contribution in [3.8, 4) is 0 Å². The Balaban J connectivity index is 0. The van der Waals surface area contributed by atoms with Crippen LogP contribution in [0.4, 0.5) is 0 Å². The summed E-state index contributed by atoms with van der Waals surface area (Å²) < 4.78 is 9.73. The third-order valence-corrected chi connectivity index (χ3v) is 2.70. The second kappa shape index (κ2) is 15.8. The molecule has 0 aromatic rings. The zero-order chi connectivity index (χ0) is 17.4. The van der Waals surface area contributed by atoms with Gasteiger partial charge in [0, 0.05) is 12.2 Å². The number of carbonyl (C=O) groups is 2. The largest absolute Gasteiger partial charge is 0.463 e. The number of ether oxygens (including phenoxy) is 2. The van der Waals surface area contributed by atoms with Crippen molar-refractivity contribution >= 4 is 11.9 Å². The highest BCUT2D eigenvalue weighted by Gasteiger charge is 2.07. The molecule has 0 saturated carbocycles. The average Bonchev–Trinajstić information content (AvgIpc) is 2.46. The second-order valence-electron chi connectivity index (χ2n) is 5.51. The van der Waals surface area contributed by atoms with E-state index >= 15 is 0 Å². The minimum Gasteiger partial charge on any atom is -0.463 e. The van der Waals surface area contributed by atoms with Crippen LogP contribution in [0, 0.1) is 5.92 Å². The molecule has 4 nitrogen and oxygen atoms in total. The van der Waals surface area contributed by atoms with E-state index in [9.17, 15) is 9.59 Å². The first-order chi connectivity index (χ1) is 10.4. The van der Waals surface area contributed by atoms with E-state index in [1.54, 1.807) is 0 Å². The summed E-state index contributed by atoms with van der Waals surface area (Å²) >= 11 is 0. The lowest BCUT2D eigenvalue weighted by atomic mass is 10.1. The molecule has 0 amide bonds. The highest BCUT2D eigenvalue weighted by Crippen LogP contribution is 2.07. The fourth-order valence-corrected chi connectivity index (χ4v) is 1.72. The van der Waals surface area contributed by atoms with Gasteiger partial charge < -0.3 is 9.47 Å². The van der Waals surface area contributed by atoms with Gasteiger partial charge in [-0.25, -0.2) is 9.59 Å². The van der Waals surface area contributed by atoms with Crippen molar-refractivity contribution in [1.29, 1.82) is 0 Å². The van der Waals surface area contributed by atoms with E-state index in [0.29, 0.717) is 12.5 Å². The number of unbranched alkanes of at least 4 members (excludes halogenated alkanes) is 3. The maximum absolute atomic E-state index is 10.7. The van der Waals surface area contributed by atoms with Crippen molar-refractivity contribution in [2.45, 2.75) is 65.9 Å². The van der Waals surface area contributed by atoms with E-state index in [4.69, 9.17) is 9.47 Å². The molecule has 1 unspecified atom stereocenters. The van der Waals surface area contributed by atoms with Crippen LogP contribution < -0.4 is 0 Å². The normalized spacial score (nSPS) is 11.0. The molecule has 0 radical (unpaired) electrons. The summed E-state index contributed by atoms with van der Waals surface area (Å²) in [5.74, 6) is -0.0951. The van der Waals surface area contributed by atoms with Crippen molar-refractivity contribution < 1.29 is 19.1 Å². The molecule has 0 aliphatic carbocycles. The van der Waals surface area contributed by atoms with Crippen LogP contribution >= 0.6 is 0 Å². The zero-order valence-electron chi connectivity index (χ0n) is 14.6. The summed E-state index contributed by atoms with van der Waals surface area (Å²) in [5.41, 5.74) is 0. The molecule has 0 heterocycles. The molecule has 0 aromatic carbocycles. The summed E-state index contributed by atoms with van der Waals surface area (Å²) in [6.45, 7) is 15.4. The molecule has 4 heteroatoms. The van der Waals surface area contributed by atoms with E-state index in [1.807, 2.05) is 6.92 Å². The minimum atomic E-state index is -0.335. The van der Waals surface area contributed by atoms with Gasteiger partial charge in [0.1, 0.15) is 0 Å². The van der Waals surface area contributed by atoms with E-state index in [-0.39, 0.29) is 18.0 Å². The molecular formula is C18H32O4. The van der Waals surface area contributed by atoms with Gasteiger partial charge in [0.2, 0.25) is 0 Å². The Morgan fingerprint density at radius 1 is 1.00 bits per heavy atom. The molecule has 0 aromatic heterocycles. The summed E-state index contributed by atoms with van der Waals surface area (Å²) in [4.78, 5) is 21.2. The third-order valence-electron chi connectivity index (χ3n) is 2.70. The van der Waals surface area contributed by atoms with Crippen LogP contribution in [0.5, 0.6) is 0 Å². The lowest BCUT2D eigenvalue weighted by Gasteiger charge is -2.13. The molecule has 22 heavy (non-hydrogen) atoms. The molecule has 0 N–H and O–H groups in total. The number of hydrogen-bond acceptors (Lipinski definition) is 4. The van der Waals surface area contributed by atoms with E-state index in [0.717, 1.165) is 19.3 Å². The predicted molar refractivity (Wildman–Crippen MR) is 90.5 cm³/mol. The first kappa shape index (κ1) is 22.7. The maximum Gasteiger partial charge on any atom is 0.330 e. The van der Waals surface area contributed by atoms with Crippen LogP contribution in [0.2, 0.25) is 0 Å². The van der Waals surface area contributed by atoms with Crippen molar-refractivity contribution in [3.63, 3.8) is 0 Å². The lowest BCUT2D eigenvalue weighted by Crippen LogP contribution is -2.14. The van der Waals surface area contributed by atoms with Crippen LogP contribution in [-0.2, 0) is 19.1 Å². The Bertz CT molecular complexity index is 321. The molecule has 0 bridgehead atoms. The van der Waals surface area contributed by atoms with Crippen molar-refractivity contribution in [3.05, 3.63) is 25.3 Å². The van der Waals surface area contributed by atoms with E-state index < -0.39 is 0 Å². The monoisotopic (exact) mass is 312 g/mol. The fraction of sp³-hybridized carbons (Fsp3) is 0.667. The Morgan fingerprint density at radius 2 is 1.59 bits per heavy atom. The smallest absolute Gasteiger partial charge is 0.330 e. The standard InChI is InChI=1S/2C9H16O2/c1-5-9(10)11-8(4)6-7(2)3;1-3-5-6-7-8-11-9(10)4-2/h5,7-8H,1,6H2,2-4H3;4H,2-3,5-8H2,1H3. The van der Waals surface area contributed by atoms with Crippen molar-refractivity contribution in [1.82, 2.24) is 0 Å². The Kier molecular flexibility index (Phi) is 16.3. The molecule has 0 aliphatic rings. The second-order valence-corrected chi connectivity index (χ2v) is 5.51. The van der Waals surface area contributed by atoms with Crippen LogP contribution in [-0.4, -0.2) is 24.6 Å². The Morgan fingerprint density at radius 3 is 2.05 bits per heavy atom. The predicted octanol–water partition coefficient (Wildman–Crippen LogP) is 4.45. The third kappa shape index (κ3) is 18.4. The van der Waals surface area contributed by atoms with Gasteiger partial charge in [0.15, 0.2) is 0 Å². The molecule has 0 saturated heterocycles. The molecule has 1 atom stereocenters. The average molecular weight is 312 g/mol. The number of carbonyl (C=O) groups excluding carboxylic acids is 2. The zero-order valence-corrected chi connectivity index (χ0v) is 14.6. The maximum atomic E-state index is 10.7. The highest BCUT2D eigenvalue weighted by molar-refractivity contribution is 5.81. The van der Waals surface area contributed by atoms with E-state index in [1.165, 1.54) is 25.0 Å². The van der Waals surface area contributed by atoms with Gasteiger partial charge in [-0.15, -0.1) is 0 Å². The molecule has 0 rings (SSSR count). The first-order valence-corrected chi connectivity index (χ1v) is 7.99. The van der Waals surface area contributed by atoms with Gasteiger partial charge in [-0.05, 0) is 25.7 Å². The quantitative estimate of drug-likeness (QED) is 0.340. The Labute approximate surface area is 135 Å². The topological polar surface area (TPSA) is 52.6 Å². The summed E-state index contributed by atoms with van der Waals surface area (Å²) in [6.07, 6.45) is 7.81. The van der Waals surface area contributed by atoms with Crippen LogP contribution in [0.1, 0.15) is 59.8 Å². The van der Waals surface area contributed by atoms with Gasteiger partial charge in [0.25, 0.3) is 0 Å². The van der Waals surface area contributed by atoms with Crippen molar-refractivity contribution in [2.24, 2.45) is 5.92 Å². The Hall–Kier alpha value is -1.58. The molecule has 0 fully saturated rings. The van der Waals surface area contributed by atoms with E-state index in [2.05, 4.69) is 33.9 Å². The highest BCUT2D eigenvalue weighted by atomic mass is 16.5. The fourth-order valence-electron chi connectivity index (χ4n) is 1.72. The van der Waals surface area contributed by atoms with Gasteiger partial charge in [-0.3, -0.25) is 0 Å². The number of esters is 2. The van der Waals surface area contributed by atoms with Crippen molar-refractivity contribution in [2.75, 3.05) is 6.61 Å². The molecule has 0 aliphatic heterocycles. The summed E-state index contributed by atoms with van der Waals surface area (Å²) in [6, 6.07) is 0. The SMILES string of the molecule is C=CC(=O)OC(C)CC(C)C.C=CC(=O)OCCCCCC. The van der Waals surface area contributed by atoms with Gasteiger partial charge >= 0.3 is 11.9 Å². The summed E-state index contributed by atoms with van der Waals surface area (Å²) in [5, 5.41) is 0. The van der Waals surface area contributed by atoms with Crippen LogP contribution in [0.3, 0.4) is 0 Å².